The number of thioether (sulfide) groups is 2. The predicted molar refractivity (Wildman–Crippen MR) is 158 cm³/mol. The number of ether oxygens (including phenoxy) is 1. The molecule has 0 radical (unpaired) electrons. The number of fused-ring (bicyclic) bond motifs is 2. The number of amides is 3. The van der Waals surface area contributed by atoms with Crippen molar-refractivity contribution in [1.82, 2.24) is 0 Å². The Labute approximate surface area is 235 Å². The molecule has 0 aromatic heterocycles. The second-order valence-electron chi connectivity index (χ2n) is 8.74. The van der Waals surface area contributed by atoms with Crippen LogP contribution in [0.3, 0.4) is 0 Å². The predicted octanol–water partition coefficient (Wildman–Crippen LogP) is 7.48. The van der Waals surface area contributed by atoms with Crippen molar-refractivity contribution in [3.8, 4) is 5.75 Å². The first-order chi connectivity index (χ1) is 18.4. The maximum Gasteiger partial charge on any atom is 0.326 e. The Bertz CT molecular complexity index is 1430. The molecule has 3 unspecified atom stereocenters. The fourth-order valence-electron chi connectivity index (χ4n) is 4.30. The van der Waals surface area contributed by atoms with Gasteiger partial charge in [0.25, 0.3) is 0 Å². The molecule has 3 aromatic carbocycles. The summed E-state index contributed by atoms with van der Waals surface area (Å²) in [7, 11) is 1.54. The third-order valence-electron chi connectivity index (χ3n) is 6.15. The first-order valence-corrected chi connectivity index (χ1v) is 14.2. The van der Waals surface area contributed by atoms with Gasteiger partial charge < -0.3 is 15.4 Å². The number of methoxy groups -OCH3 is 1. The van der Waals surface area contributed by atoms with Crippen LogP contribution in [-0.4, -0.2) is 35.6 Å². The van der Waals surface area contributed by atoms with E-state index in [0.29, 0.717) is 22.1 Å². The van der Waals surface area contributed by atoms with Crippen molar-refractivity contribution in [1.29, 1.82) is 0 Å². The Morgan fingerprint density at radius 2 is 1.79 bits per heavy atom. The average Bonchev–Trinajstić information content (AvgIpc) is 2.92. The van der Waals surface area contributed by atoms with Gasteiger partial charge in [-0.05, 0) is 55.5 Å². The summed E-state index contributed by atoms with van der Waals surface area (Å²) < 4.78 is 5.16. The smallest absolute Gasteiger partial charge is 0.326 e. The number of para-hydroxylation sites is 1. The van der Waals surface area contributed by atoms with Gasteiger partial charge >= 0.3 is 6.03 Å². The van der Waals surface area contributed by atoms with Crippen LogP contribution in [-0.2, 0) is 4.79 Å². The number of urea groups is 1. The van der Waals surface area contributed by atoms with Gasteiger partial charge in [-0.25, -0.2) is 4.79 Å². The minimum absolute atomic E-state index is 0.0763. The van der Waals surface area contributed by atoms with Crippen LogP contribution in [0.2, 0.25) is 5.02 Å². The summed E-state index contributed by atoms with van der Waals surface area (Å²) in [6.45, 7) is 1.84. The van der Waals surface area contributed by atoms with E-state index >= 15 is 0 Å². The number of carbonyl (C=O) groups is 2. The summed E-state index contributed by atoms with van der Waals surface area (Å²) in [5.41, 5.74) is 2.15. The lowest BCUT2D eigenvalue weighted by atomic mass is 10.1. The lowest BCUT2D eigenvalue weighted by molar-refractivity contribution is -0.115. The lowest BCUT2D eigenvalue weighted by Gasteiger charge is -2.40. The third-order valence-corrected chi connectivity index (χ3v) is 8.84. The van der Waals surface area contributed by atoms with Gasteiger partial charge in [-0.1, -0.05) is 54.1 Å². The molecule has 2 N–H and O–H groups in total. The Balaban J connectivity index is 1.27. The minimum Gasteiger partial charge on any atom is -0.495 e. The molecule has 3 amide bonds. The van der Waals surface area contributed by atoms with E-state index in [2.05, 4.69) is 22.8 Å². The molecule has 0 saturated heterocycles. The second-order valence-corrected chi connectivity index (χ2v) is 11.8. The number of hydrogen-bond acceptors (Lipinski definition) is 5. The van der Waals surface area contributed by atoms with E-state index in [1.807, 2.05) is 72.5 Å². The van der Waals surface area contributed by atoms with Crippen molar-refractivity contribution < 1.29 is 14.3 Å². The number of allylic oxidation sites excluding steroid dienone is 2. The highest BCUT2D eigenvalue weighted by Crippen LogP contribution is 2.43. The molecule has 0 saturated carbocycles. The first kappa shape index (κ1) is 26.3. The zero-order chi connectivity index (χ0) is 26.6. The summed E-state index contributed by atoms with van der Waals surface area (Å²) >= 11 is 9.35. The molecule has 1 heterocycles. The second kappa shape index (κ2) is 11.6. The Morgan fingerprint density at radius 3 is 2.61 bits per heavy atom. The molecular weight excluding hydrogens is 538 g/mol. The van der Waals surface area contributed by atoms with Gasteiger partial charge in [-0.2, -0.15) is 0 Å². The monoisotopic (exact) mass is 563 g/mol. The molecular formula is C29H26ClN3O3S2. The van der Waals surface area contributed by atoms with Crippen LogP contribution in [0.5, 0.6) is 5.75 Å². The van der Waals surface area contributed by atoms with Crippen molar-refractivity contribution in [3.05, 3.63) is 96.1 Å². The van der Waals surface area contributed by atoms with Crippen LogP contribution in [0.15, 0.2) is 101 Å². The molecule has 3 atom stereocenters. The standard InChI is InChI=1S/C29H26ClN3O3S2/c1-18(28(34)31-20-14-15-25(36-2)22(30)17-20)37-21-9-7-8-19(16-21)32-29(35)33-23-10-3-5-12-26(23)38-27-13-6-4-11-24(27)33/h3-18,23,26H,1-2H3,(H,31,34)(H,32,35). The van der Waals surface area contributed by atoms with Crippen LogP contribution in [0, 0.1) is 0 Å². The number of carbonyl (C=O) groups excluding carboxylic acids is 2. The van der Waals surface area contributed by atoms with E-state index in [9.17, 15) is 9.59 Å². The van der Waals surface area contributed by atoms with Crippen LogP contribution in [0.25, 0.3) is 0 Å². The summed E-state index contributed by atoms with van der Waals surface area (Å²) in [5.74, 6) is 0.389. The van der Waals surface area contributed by atoms with Gasteiger partial charge in [0.15, 0.2) is 0 Å². The van der Waals surface area contributed by atoms with E-state index in [1.165, 1.54) is 11.8 Å². The number of anilines is 3. The summed E-state index contributed by atoms with van der Waals surface area (Å²) in [4.78, 5) is 30.1. The van der Waals surface area contributed by atoms with E-state index in [-0.39, 0.29) is 28.5 Å². The van der Waals surface area contributed by atoms with Crippen LogP contribution < -0.4 is 20.3 Å². The molecule has 6 nitrogen and oxygen atoms in total. The minimum atomic E-state index is -0.382. The van der Waals surface area contributed by atoms with Gasteiger partial charge in [-0.3, -0.25) is 9.69 Å². The van der Waals surface area contributed by atoms with E-state index in [0.717, 1.165) is 15.5 Å². The number of nitrogens with zero attached hydrogens (tertiary/aromatic N) is 1. The maximum absolute atomic E-state index is 13.6. The zero-order valence-electron chi connectivity index (χ0n) is 20.8. The Hall–Kier alpha value is -3.33. The highest BCUT2D eigenvalue weighted by Gasteiger charge is 2.36. The van der Waals surface area contributed by atoms with Crippen LogP contribution in [0.4, 0.5) is 21.9 Å². The molecule has 9 heteroatoms. The SMILES string of the molecule is COc1ccc(NC(=O)C(C)Sc2cccc(NC(=O)N3c4ccccc4SC4C=CC=CC43)c2)cc1Cl. The lowest BCUT2D eigenvalue weighted by Crippen LogP contribution is -2.49. The highest BCUT2D eigenvalue weighted by atomic mass is 35.5. The average molecular weight is 564 g/mol. The fraction of sp³-hybridized carbons (Fsp3) is 0.172. The molecule has 0 spiro atoms. The van der Waals surface area contributed by atoms with Gasteiger partial charge in [-0.15, -0.1) is 23.5 Å². The summed E-state index contributed by atoms with van der Waals surface area (Å²) in [6.07, 6.45) is 8.21. The molecule has 2 aliphatic rings. The molecule has 0 fully saturated rings. The van der Waals surface area contributed by atoms with Crippen molar-refractivity contribution >= 4 is 64.1 Å². The number of halogens is 1. The van der Waals surface area contributed by atoms with Crippen LogP contribution >= 0.6 is 35.1 Å². The van der Waals surface area contributed by atoms with Crippen molar-refractivity contribution in [3.63, 3.8) is 0 Å². The topological polar surface area (TPSA) is 70.7 Å². The molecule has 1 aliphatic carbocycles. The summed E-state index contributed by atoms with van der Waals surface area (Å²) in [6, 6.07) is 20.3. The molecule has 3 aromatic rings. The van der Waals surface area contributed by atoms with Crippen molar-refractivity contribution in [2.24, 2.45) is 0 Å². The number of nitrogens with one attached hydrogen (secondary N) is 2. The number of rotatable bonds is 6. The van der Waals surface area contributed by atoms with E-state index in [4.69, 9.17) is 16.3 Å². The number of benzene rings is 3. The Kier molecular flexibility index (Phi) is 8.02. The normalized spacial score (nSPS) is 18.2. The van der Waals surface area contributed by atoms with Crippen molar-refractivity contribution in [2.75, 3.05) is 22.6 Å². The summed E-state index contributed by atoms with van der Waals surface area (Å²) in [5, 5.41) is 6.15. The van der Waals surface area contributed by atoms with Gasteiger partial charge in [0.05, 0.1) is 34.4 Å². The van der Waals surface area contributed by atoms with E-state index < -0.39 is 0 Å². The van der Waals surface area contributed by atoms with Crippen molar-refractivity contribution in [2.45, 2.75) is 33.3 Å². The maximum atomic E-state index is 13.6. The first-order valence-electron chi connectivity index (χ1n) is 12.0. The molecule has 1 aliphatic heterocycles. The Morgan fingerprint density at radius 1 is 1.00 bits per heavy atom. The number of hydrogen-bond donors (Lipinski definition) is 2. The van der Waals surface area contributed by atoms with Gasteiger partial charge in [0.1, 0.15) is 5.75 Å². The molecule has 194 valence electrons. The van der Waals surface area contributed by atoms with Crippen LogP contribution in [0.1, 0.15) is 6.92 Å². The quantitative estimate of drug-likeness (QED) is 0.304. The fourth-order valence-corrected chi connectivity index (χ4v) is 6.74. The van der Waals surface area contributed by atoms with Gasteiger partial charge in [0, 0.05) is 21.2 Å². The molecule has 5 rings (SSSR count). The largest absolute Gasteiger partial charge is 0.495 e. The highest BCUT2D eigenvalue weighted by molar-refractivity contribution is 8.00. The third kappa shape index (κ3) is 5.72. The molecule has 0 bridgehead atoms. The molecule has 38 heavy (non-hydrogen) atoms. The van der Waals surface area contributed by atoms with E-state index in [1.54, 1.807) is 37.1 Å². The van der Waals surface area contributed by atoms with Gasteiger partial charge in [0.2, 0.25) is 5.91 Å². The zero-order valence-corrected chi connectivity index (χ0v) is 23.1.